The van der Waals surface area contributed by atoms with Crippen molar-refractivity contribution in [2.75, 3.05) is 25.4 Å². The molecule has 0 radical (unpaired) electrons. The summed E-state index contributed by atoms with van der Waals surface area (Å²) in [4.78, 5) is 0. The van der Waals surface area contributed by atoms with Gasteiger partial charge in [0.25, 0.3) is 0 Å². The third-order valence-electron chi connectivity index (χ3n) is 4.01. The van der Waals surface area contributed by atoms with E-state index in [1.165, 1.54) is 0 Å². The summed E-state index contributed by atoms with van der Waals surface area (Å²) in [6, 6.07) is 9.75. The van der Waals surface area contributed by atoms with Gasteiger partial charge in [0.2, 0.25) is 10.0 Å². The van der Waals surface area contributed by atoms with Crippen molar-refractivity contribution in [2.24, 2.45) is 5.92 Å². The Bertz CT molecular complexity index is 515. The largest absolute Gasteiger partial charge is 0.396 e. The smallest absolute Gasteiger partial charge is 0.214 e. The molecule has 0 aromatic heterocycles. The quantitative estimate of drug-likeness (QED) is 0.871. The van der Waals surface area contributed by atoms with E-state index in [1.54, 1.807) is 4.31 Å². The van der Waals surface area contributed by atoms with Crippen LogP contribution in [0.3, 0.4) is 0 Å². The maximum atomic E-state index is 12.4. The normalized spacial score (nSPS) is 22.0. The predicted molar refractivity (Wildman–Crippen MR) is 80.0 cm³/mol. The molecular weight excluding hydrogens is 274 g/mol. The van der Waals surface area contributed by atoms with Gasteiger partial charge in [-0.25, -0.2) is 12.7 Å². The minimum Gasteiger partial charge on any atom is -0.396 e. The van der Waals surface area contributed by atoms with Gasteiger partial charge < -0.3 is 5.11 Å². The number of sulfonamides is 1. The second-order valence-corrected chi connectivity index (χ2v) is 7.63. The van der Waals surface area contributed by atoms with E-state index in [1.807, 2.05) is 37.3 Å². The van der Waals surface area contributed by atoms with Crippen LogP contribution in [0.1, 0.15) is 31.2 Å². The molecular formula is C15H23NO3S. The molecule has 1 aromatic rings. The summed E-state index contributed by atoms with van der Waals surface area (Å²) in [5.41, 5.74) is 1.06. The second-order valence-electron chi connectivity index (χ2n) is 5.62. The summed E-state index contributed by atoms with van der Waals surface area (Å²) < 4.78 is 26.4. The monoisotopic (exact) mass is 297 g/mol. The van der Waals surface area contributed by atoms with Gasteiger partial charge in [0, 0.05) is 19.7 Å². The van der Waals surface area contributed by atoms with E-state index in [-0.39, 0.29) is 18.3 Å². The van der Waals surface area contributed by atoms with Crippen LogP contribution >= 0.6 is 0 Å². The van der Waals surface area contributed by atoms with Crippen LogP contribution in [-0.4, -0.2) is 43.3 Å². The molecule has 20 heavy (non-hydrogen) atoms. The van der Waals surface area contributed by atoms with Crippen LogP contribution in [0.25, 0.3) is 0 Å². The summed E-state index contributed by atoms with van der Waals surface area (Å²) in [5, 5.41) is 8.94. The molecule has 1 aliphatic heterocycles. The first kappa shape index (κ1) is 15.5. The van der Waals surface area contributed by atoms with Crippen molar-refractivity contribution >= 4 is 10.0 Å². The fraction of sp³-hybridized carbons (Fsp3) is 0.600. The molecule has 1 saturated heterocycles. The molecule has 1 N–H and O–H groups in total. The summed E-state index contributed by atoms with van der Waals surface area (Å²) in [7, 11) is -3.21. The first-order valence-electron chi connectivity index (χ1n) is 7.16. The molecule has 1 fully saturated rings. The third kappa shape index (κ3) is 3.81. The predicted octanol–water partition coefficient (Wildman–Crippen LogP) is 1.82. The van der Waals surface area contributed by atoms with Gasteiger partial charge in [-0.15, -0.1) is 0 Å². The Morgan fingerprint density at radius 2 is 2.05 bits per heavy atom. The van der Waals surface area contributed by atoms with E-state index < -0.39 is 10.0 Å². The first-order valence-corrected chi connectivity index (χ1v) is 8.77. The molecule has 0 amide bonds. The van der Waals surface area contributed by atoms with Crippen LogP contribution in [0.4, 0.5) is 0 Å². The van der Waals surface area contributed by atoms with E-state index in [0.717, 1.165) is 12.0 Å². The first-order chi connectivity index (χ1) is 9.53. The summed E-state index contributed by atoms with van der Waals surface area (Å²) >= 11 is 0. The van der Waals surface area contributed by atoms with E-state index in [0.29, 0.717) is 25.4 Å². The van der Waals surface area contributed by atoms with Crippen LogP contribution in [-0.2, 0) is 10.0 Å². The highest BCUT2D eigenvalue weighted by Crippen LogP contribution is 2.25. The molecule has 0 saturated carbocycles. The lowest BCUT2D eigenvalue weighted by molar-refractivity contribution is 0.259. The fourth-order valence-corrected chi connectivity index (χ4v) is 4.62. The fourth-order valence-electron chi connectivity index (χ4n) is 2.77. The number of aliphatic hydroxyl groups excluding tert-OH is 1. The maximum Gasteiger partial charge on any atom is 0.214 e. The highest BCUT2D eigenvalue weighted by atomic mass is 32.2. The number of rotatable bonds is 6. The molecule has 1 aromatic carbocycles. The van der Waals surface area contributed by atoms with Gasteiger partial charge in [0.1, 0.15) is 0 Å². The average Bonchev–Trinajstić information content (AvgIpc) is 2.89. The Hall–Kier alpha value is -0.910. The van der Waals surface area contributed by atoms with Crippen LogP contribution in [0.15, 0.2) is 30.3 Å². The van der Waals surface area contributed by atoms with Crippen LogP contribution in [0.2, 0.25) is 0 Å². The maximum absolute atomic E-state index is 12.4. The van der Waals surface area contributed by atoms with Crippen molar-refractivity contribution in [1.82, 2.24) is 4.31 Å². The van der Waals surface area contributed by atoms with Crippen LogP contribution < -0.4 is 0 Å². The van der Waals surface area contributed by atoms with Crippen LogP contribution in [0, 0.1) is 5.92 Å². The van der Waals surface area contributed by atoms with Crippen molar-refractivity contribution in [3.63, 3.8) is 0 Å². The topological polar surface area (TPSA) is 57.6 Å². The molecule has 2 rings (SSSR count). The molecule has 0 spiro atoms. The number of benzene rings is 1. The van der Waals surface area contributed by atoms with E-state index >= 15 is 0 Å². The summed E-state index contributed by atoms with van der Waals surface area (Å²) in [5.74, 6) is 0.461. The standard InChI is InChI=1S/C15H23NO3S/c1-13(15-5-3-2-4-6-15)12-20(18,19)16-9-7-14(11-16)8-10-17/h2-6,13-14,17H,7-12H2,1H3. The van der Waals surface area contributed by atoms with Crippen molar-refractivity contribution in [2.45, 2.75) is 25.7 Å². The zero-order valence-corrected chi connectivity index (χ0v) is 12.7. The van der Waals surface area contributed by atoms with Gasteiger partial charge in [-0.05, 0) is 30.2 Å². The summed E-state index contributed by atoms with van der Waals surface area (Å²) in [6.07, 6.45) is 1.56. The third-order valence-corrected chi connectivity index (χ3v) is 6.05. The number of hydrogen-bond donors (Lipinski definition) is 1. The molecule has 112 valence electrons. The SMILES string of the molecule is CC(CS(=O)(=O)N1CCC(CCO)C1)c1ccccc1. The molecule has 1 aliphatic rings. The zero-order valence-electron chi connectivity index (χ0n) is 11.9. The molecule has 2 unspecified atom stereocenters. The lowest BCUT2D eigenvalue weighted by Crippen LogP contribution is -2.32. The minimum atomic E-state index is -3.21. The lowest BCUT2D eigenvalue weighted by Gasteiger charge is -2.19. The highest BCUT2D eigenvalue weighted by Gasteiger charge is 2.32. The highest BCUT2D eigenvalue weighted by molar-refractivity contribution is 7.89. The number of hydrogen-bond acceptors (Lipinski definition) is 3. The van der Waals surface area contributed by atoms with Gasteiger partial charge in [0.15, 0.2) is 0 Å². The van der Waals surface area contributed by atoms with Gasteiger partial charge in [-0.1, -0.05) is 37.3 Å². The van der Waals surface area contributed by atoms with E-state index in [4.69, 9.17) is 5.11 Å². The Kier molecular flexibility index (Phi) is 5.18. The Morgan fingerprint density at radius 1 is 1.35 bits per heavy atom. The summed E-state index contributed by atoms with van der Waals surface area (Å²) in [6.45, 7) is 3.24. The lowest BCUT2D eigenvalue weighted by atomic mass is 10.0. The van der Waals surface area contributed by atoms with Gasteiger partial charge in [-0.2, -0.15) is 0 Å². The number of aliphatic hydroxyl groups is 1. The second kappa shape index (κ2) is 6.70. The van der Waals surface area contributed by atoms with Crippen LogP contribution in [0.5, 0.6) is 0 Å². The van der Waals surface area contributed by atoms with Gasteiger partial charge in [0.05, 0.1) is 5.75 Å². The van der Waals surface area contributed by atoms with Gasteiger partial charge in [-0.3, -0.25) is 0 Å². The molecule has 1 heterocycles. The van der Waals surface area contributed by atoms with E-state index in [2.05, 4.69) is 0 Å². The van der Waals surface area contributed by atoms with Gasteiger partial charge >= 0.3 is 0 Å². The zero-order chi connectivity index (χ0) is 14.6. The Morgan fingerprint density at radius 3 is 2.70 bits per heavy atom. The van der Waals surface area contributed by atoms with E-state index in [9.17, 15) is 8.42 Å². The van der Waals surface area contributed by atoms with Crippen molar-refractivity contribution in [1.29, 1.82) is 0 Å². The van der Waals surface area contributed by atoms with Crippen molar-refractivity contribution in [3.05, 3.63) is 35.9 Å². The number of nitrogens with zero attached hydrogens (tertiary/aromatic N) is 1. The molecule has 2 atom stereocenters. The molecule has 0 aliphatic carbocycles. The Labute approximate surface area is 121 Å². The minimum absolute atomic E-state index is 0.00177. The molecule has 4 nitrogen and oxygen atoms in total. The molecule has 5 heteroatoms. The Balaban J connectivity index is 1.98. The molecule has 0 bridgehead atoms. The van der Waals surface area contributed by atoms with Crippen molar-refractivity contribution in [3.8, 4) is 0 Å². The average molecular weight is 297 g/mol. The van der Waals surface area contributed by atoms with Crippen molar-refractivity contribution < 1.29 is 13.5 Å².